The van der Waals surface area contributed by atoms with Crippen LogP contribution in [0.25, 0.3) is 0 Å². The number of rotatable bonds is 7. The van der Waals surface area contributed by atoms with Crippen LogP contribution >= 0.6 is 0 Å². The minimum atomic E-state index is 0.192. The van der Waals surface area contributed by atoms with Gasteiger partial charge in [-0.05, 0) is 37.7 Å². The predicted molar refractivity (Wildman–Crippen MR) is 81.5 cm³/mol. The van der Waals surface area contributed by atoms with Crippen molar-refractivity contribution in [2.75, 3.05) is 13.2 Å². The van der Waals surface area contributed by atoms with Crippen LogP contribution in [0, 0.1) is 0 Å². The van der Waals surface area contributed by atoms with Gasteiger partial charge in [-0.15, -0.1) is 0 Å². The van der Waals surface area contributed by atoms with Crippen molar-refractivity contribution in [2.45, 2.75) is 63.8 Å². The molecule has 1 amide bonds. The number of allylic oxidation sites excluding steroid dienone is 2. The summed E-state index contributed by atoms with van der Waals surface area (Å²) in [5.74, 6) is 0.192. The number of hydrogen-bond acceptors (Lipinski definition) is 2. The molecule has 1 N–H and O–H groups in total. The monoisotopic (exact) mass is 277 g/mol. The van der Waals surface area contributed by atoms with E-state index in [1.165, 1.54) is 24.8 Å². The maximum absolute atomic E-state index is 11.8. The molecule has 0 aromatic carbocycles. The van der Waals surface area contributed by atoms with E-state index in [-0.39, 0.29) is 5.91 Å². The number of carbonyl (C=O) groups excluding carboxylic acids is 1. The lowest BCUT2D eigenvalue weighted by molar-refractivity contribution is -0.122. The molecule has 0 bridgehead atoms. The second-order valence-corrected chi connectivity index (χ2v) is 5.82. The molecule has 0 radical (unpaired) electrons. The van der Waals surface area contributed by atoms with Crippen molar-refractivity contribution in [1.82, 2.24) is 5.32 Å². The van der Waals surface area contributed by atoms with Crippen LogP contribution in [0.5, 0.6) is 0 Å². The summed E-state index contributed by atoms with van der Waals surface area (Å²) in [5, 5.41) is 3.14. The lowest BCUT2D eigenvalue weighted by atomic mass is 9.95. The number of nitrogens with one attached hydrogen (secondary N) is 1. The largest absolute Gasteiger partial charge is 0.377 e. The Morgan fingerprint density at radius 3 is 2.85 bits per heavy atom. The van der Waals surface area contributed by atoms with Crippen LogP contribution in [0.15, 0.2) is 23.8 Å². The molecule has 3 nitrogen and oxygen atoms in total. The molecule has 0 heterocycles. The summed E-state index contributed by atoms with van der Waals surface area (Å²) in [6.07, 6.45) is 16.4. The van der Waals surface area contributed by atoms with Crippen LogP contribution in [0.2, 0.25) is 0 Å². The van der Waals surface area contributed by atoms with Crippen LogP contribution in [-0.2, 0) is 9.53 Å². The zero-order chi connectivity index (χ0) is 14.0. The summed E-state index contributed by atoms with van der Waals surface area (Å²) in [7, 11) is 0. The summed E-state index contributed by atoms with van der Waals surface area (Å²) in [6.45, 7) is 1.35. The van der Waals surface area contributed by atoms with Gasteiger partial charge in [-0.1, -0.05) is 37.5 Å². The Morgan fingerprint density at radius 2 is 2.10 bits per heavy atom. The molecule has 0 saturated heterocycles. The van der Waals surface area contributed by atoms with Gasteiger partial charge in [0.15, 0.2) is 0 Å². The maximum atomic E-state index is 11.8. The van der Waals surface area contributed by atoms with Gasteiger partial charge < -0.3 is 10.1 Å². The first-order valence-electron chi connectivity index (χ1n) is 8.07. The van der Waals surface area contributed by atoms with E-state index in [0.717, 1.165) is 32.1 Å². The van der Waals surface area contributed by atoms with Gasteiger partial charge >= 0.3 is 0 Å². The molecule has 0 aromatic heterocycles. The van der Waals surface area contributed by atoms with Crippen LogP contribution < -0.4 is 5.32 Å². The Bertz CT molecular complexity index is 354. The molecule has 2 rings (SSSR count). The molecule has 2 aliphatic carbocycles. The molecule has 1 fully saturated rings. The highest BCUT2D eigenvalue weighted by Crippen LogP contribution is 2.17. The van der Waals surface area contributed by atoms with Gasteiger partial charge in [-0.2, -0.15) is 0 Å². The molecule has 112 valence electrons. The summed E-state index contributed by atoms with van der Waals surface area (Å²) in [6, 6.07) is 0.426. The number of amides is 1. The first-order chi connectivity index (χ1) is 9.84. The number of ether oxygens (including phenoxy) is 1. The van der Waals surface area contributed by atoms with Gasteiger partial charge in [0.25, 0.3) is 0 Å². The molecule has 3 heteroatoms. The molecule has 2 aliphatic rings. The molecule has 1 saturated carbocycles. The van der Waals surface area contributed by atoms with Gasteiger partial charge in [-0.3, -0.25) is 4.79 Å². The Balaban J connectivity index is 1.48. The molecule has 0 spiro atoms. The number of carbonyl (C=O) groups is 1. The third-order valence-electron chi connectivity index (χ3n) is 4.00. The minimum absolute atomic E-state index is 0.192. The SMILES string of the molecule is O=C(CCCOCC1=CCCC=C1)NC1CCCCC1. The van der Waals surface area contributed by atoms with Gasteiger partial charge in [0.2, 0.25) is 5.91 Å². The van der Waals surface area contributed by atoms with E-state index in [2.05, 4.69) is 23.5 Å². The minimum Gasteiger partial charge on any atom is -0.377 e. The average molecular weight is 277 g/mol. The lowest BCUT2D eigenvalue weighted by Crippen LogP contribution is -2.36. The van der Waals surface area contributed by atoms with E-state index < -0.39 is 0 Å². The van der Waals surface area contributed by atoms with Crippen LogP contribution in [0.3, 0.4) is 0 Å². The van der Waals surface area contributed by atoms with Crippen molar-refractivity contribution < 1.29 is 9.53 Å². The smallest absolute Gasteiger partial charge is 0.220 e. The van der Waals surface area contributed by atoms with Gasteiger partial charge in [0, 0.05) is 19.1 Å². The lowest BCUT2D eigenvalue weighted by Gasteiger charge is -2.22. The molecular weight excluding hydrogens is 250 g/mol. The third-order valence-corrected chi connectivity index (χ3v) is 4.00. The van der Waals surface area contributed by atoms with Crippen molar-refractivity contribution in [1.29, 1.82) is 0 Å². The second kappa shape index (κ2) is 8.96. The van der Waals surface area contributed by atoms with Crippen LogP contribution in [-0.4, -0.2) is 25.2 Å². The molecule has 0 atom stereocenters. The van der Waals surface area contributed by atoms with Gasteiger partial charge in [-0.25, -0.2) is 0 Å². The van der Waals surface area contributed by atoms with Gasteiger partial charge in [0.05, 0.1) is 6.61 Å². The second-order valence-electron chi connectivity index (χ2n) is 5.82. The molecule has 0 aromatic rings. The highest BCUT2D eigenvalue weighted by Gasteiger charge is 2.15. The maximum Gasteiger partial charge on any atom is 0.220 e. The standard InChI is InChI=1S/C17H27NO2/c19-17(18-16-10-5-2-6-11-16)12-7-13-20-14-15-8-3-1-4-9-15/h3,8-9,16H,1-2,4-7,10-14H2,(H,18,19). The van der Waals surface area contributed by atoms with E-state index in [0.29, 0.717) is 25.7 Å². The summed E-state index contributed by atoms with van der Waals surface area (Å²) in [5.41, 5.74) is 1.27. The molecule has 0 unspecified atom stereocenters. The molecule has 20 heavy (non-hydrogen) atoms. The normalized spacial score (nSPS) is 19.7. The van der Waals surface area contributed by atoms with Crippen LogP contribution in [0.4, 0.5) is 0 Å². The van der Waals surface area contributed by atoms with Crippen molar-refractivity contribution in [3.05, 3.63) is 23.8 Å². The fourth-order valence-electron chi connectivity index (χ4n) is 2.85. The van der Waals surface area contributed by atoms with E-state index in [4.69, 9.17) is 4.74 Å². The van der Waals surface area contributed by atoms with E-state index in [1.54, 1.807) is 0 Å². The summed E-state index contributed by atoms with van der Waals surface area (Å²) in [4.78, 5) is 11.8. The van der Waals surface area contributed by atoms with Crippen molar-refractivity contribution in [3.63, 3.8) is 0 Å². The summed E-state index contributed by atoms with van der Waals surface area (Å²) >= 11 is 0. The predicted octanol–water partition coefficient (Wildman–Crippen LogP) is 3.51. The Labute approximate surface area is 122 Å². The molecule has 0 aliphatic heterocycles. The van der Waals surface area contributed by atoms with Crippen molar-refractivity contribution >= 4 is 5.91 Å². The average Bonchev–Trinajstić information content (AvgIpc) is 2.49. The highest BCUT2D eigenvalue weighted by atomic mass is 16.5. The zero-order valence-corrected chi connectivity index (χ0v) is 12.4. The molecular formula is C17H27NO2. The van der Waals surface area contributed by atoms with Crippen LogP contribution in [0.1, 0.15) is 57.8 Å². The van der Waals surface area contributed by atoms with E-state index in [1.807, 2.05) is 0 Å². The quantitative estimate of drug-likeness (QED) is 0.723. The third kappa shape index (κ3) is 5.91. The highest BCUT2D eigenvalue weighted by molar-refractivity contribution is 5.76. The zero-order valence-electron chi connectivity index (χ0n) is 12.4. The summed E-state index contributed by atoms with van der Waals surface area (Å²) < 4.78 is 5.61. The van der Waals surface area contributed by atoms with Crippen molar-refractivity contribution in [3.8, 4) is 0 Å². The van der Waals surface area contributed by atoms with E-state index >= 15 is 0 Å². The van der Waals surface area contributed by atoms with Crippen molar-refractivity contribution in [2.24, 2.45) is 0 Å². The number of hydrogen-bond donors (Lipinski definition) is 1. The first kappa shape index (κ1) is 15.3. The Kier molecular flexibility index (Phi) is 6.85. The van der Waals surface area contributed by atoms with E-state index in [9.17, 15) is 4.79 Å². The Hall–Kier alpha value is -1.09. The Morgan fingerprint density at radius 1 is 1.25 bits per heavy atom. The van der Waals surface area contributed by atoms with Gasteiger partial charge in [0.1, 0.15) is 0 Å². The topological polar surface area (TPSA) is 38.3 Å². The fourth-order valence-corrected chi connectivity index (χ4v) is 2.85. The fraction of sp³-hybridized carbons (Fsp3) is 0.706. The first-order valence-corrected chi connectivity index (χ1v) is 8.07.